The highest BCUT2D eigenvalue weighted by molar-refractivity contribution is 6.18. The maximum absolute atomic E-state index is 13.5. The zero-order valence-corrected chi connectivity index (χ0v) is 16.6. The van der Waals surface area contributed by atoms with Crippen molar-refractivity contribution in [3.63, 3.8) is 0 Å². The Kier molecular flexibility index (Phi) is 4.13. The first kappa shape index (κ1) is 18.1. The molecule has 0 aliphatic heterocycles. The molecule has 0 fully saturated rings. The van der Waals surface area contributed by atoms with Gasteiger partial charge in [0.1, 0.15) is 5.65 Å². The molecule has 1 aromatic carbocycles. The third-order valence-corrected chi connectivity index (χ3v) is 5.38. The number of esters is 1. The number of aromatic nitrogens is 3. The van der Waals surface area contributed by atoms with Gasteiger partial charge in [0.25, 0.3) is 0 Å². The van der Waals surface area contributed by atoms with E-state index in [0.717, 1.165) is 11.3 Å². The standard InChI is InChI=1S/C24H19N3O3/c1-3-30-24(29)20-16-11-6-4-5-10-15(16)19-21(20)26-23-17(22(19)28)13-25-27(23)18-12-8-7-9-14(18)2/h4-13H,3H2,1-2H3,(H,26,28). The zero-order chi connectivity index (χ0) is 20.8. The number of ether oxygens (including phenoxy) is 1. The molecule has 2 aromatic heterocycles. The van der Waals surface area contributed by atoms with Crippen LogP contribution in [-0.2, 0) is 4.74 Å². The number of carbonyl (C=O) groups is 1. The van der Waals surface area contributed by atoms with Crippen molar-refractivity contribution >= 4 is 27.9 Å². The summed E-state index contributed by atoms with van der Waals surface area (Å²) in [5.41, 5.74) is 4.51. The Morgan fingerprint density at radius 3 is 2.57 bits per heavy atom. The highest BCUT2D eigenvalue weighted by atomic mass is 16.5. The van der Waals surface area contributed by atoms with E-state index in [4.69, 9.17) is 4.74 Å². The summed E-state index contributed by atoms with van der Waals surface area (Å²) >= 11 is 0. The average Bonchev–Trinajstić information content (AvgIpc) is 3.19. The second-order valence-corrected chi connectivity index (χ2v) is 7.14. The van der Waals surface area contributed by atoms with E-state index < -0.39 is 5.97 Å². The third-order valence-electron chi connectivity index (χ3n) is 5.38. The van der Waals surface area contributed by atoms with E-state index in [-0.39, 0.29) is 12.0 Å². The van der Waals surface area contributed by atoms with Gasteiger partial charge in [-0.15, -0.1) is 0 Å². The quantitative estimate of drug-likeness (QED) is 0.456. The van der Waals surface area contributed by atoms with Crippen LogP contribution in [0, 0.1) is 6.92 Å². The van der Waals surface area contributed by atoms with Gasteiger partial charge in [-0.05, 0) is 36.6 Å². The lowest BCUT2D eigenvalue weighted by molar-refractivity contribution is 0.0529. The summed E-state index contributed by atoms with van der Waals surface area (Å²) in [6.07, 6.45) is 1.58. The molecule has 1 N–H and O–H groups in total. The van der Waals surface area contributed by atoms with Gasteiger partial charge in [-0.3, -0.25) is 4.79 Å². The molecule has 0 spiro atoms. The fourth-order valence-electron chi connectivity index (χ4n) is 4.03. The largest absolute Gasteiger partial charge is 0.462 e. The maximum atomic E-state index is 13.5. The van der Waals surface area contributed by atoms with Gasteiger partial charge in [0.05, 0.1) is 40.3 Å². The number of fused-ring (bicyclic) bond motifs is 4. The van der Waals surface area contributed by atoms with E-state index in [2.05, 4.69) is 10.1 Å². The van der Waals surface area contributed by atoms with Gasteiger partial charge in [-0.25, -0.2) is 9.48 Å². The number of hydrogen-bond donors (Lipinski definition) is 1. The van der Waals surface area contributed by atoms with Gasteiger partial charge < -0.3 is 9.72 Å². The van der Waals surface area contributed by atoms with Gasteiger partial charge in [-0.2, -0.15) is 5.10 Å². The van der Waals surface area contributed by atoms with Crippen molar-refractivity contribution in [3.8, 4) is 16.8 Å². The first-order valence-electron chi connectivity index (χ1n) is 9.79. The van der Waals surface area contributed by atoms with Crippen LogP contribution in [0.15, 0.2) is 65.6 Å². The number of carbonyl (C=O) groups excluding carboxylic acids is 1. The van der Waals surface area contributed by atoms with Crippen molar-refractivity contribution in [3.05, 3.63) is 82.1 Å². The summed E-state index contributed by atoms with van der Waals surface area (Å²) in [6.45, 7) is 4.00. The maximum Gasteiger partial charge on any atom is 0.340 e. The molecule has 0 saturated carbocycles. The predicted octanol–water partition coefficient (Wildman–Crippen LogP) is 4.46. The number of benzene rings is 1. The van der Waals surface area contributed by atoms with Crippen molar-refractivity contribution in [1.29, 1.82) is 0 Å². The van der Waals surface area contributed by atoms with Crippen LogP contribution in [0.3, 0.4) is 0 Å². The fourth-order valence-corrected chi connectivity index (χ4v) is 4.03. The lowest BCUT2D eigenvalue weighted by atomic mass is 10.1. The number of rotatable bonds is 3. The molecule has 0 radical (unpaired) electrons. The molecule has 2 aliphatic rings. The third kappa shape index (κ3) is 2.54. The van der Waals surface area contributed by atoms with Crippen molar-refractivity contribution < 1.29 is 9.53 Å². The van der Waals surface area contributed by atoms with Crippen molar-refractivity contribution in [2.45, 2.75) is 13.8 Å². The molecular weight excluding hydrogens is 378 g/mol. The first-order valence-corrected chi connectivity index (χ1v) is 9.79. The van der Waals surface area contributed by atoms with E-state index in [1.807, 2.05) is 61.5 Å². The van der Waals surface area contributed by atoms with Gasteiger partial charge in [0.2, 0.25) is 5.43 Å². The first-order chi connectivity index (χ1) is 14.6. The fraction of sp³-hybridized carbons (Fsp3) is 0.125. The van der Waals surface area contributed by atoms with Crippen molar-refractivity contribution in [1.82, 2.24) is 14.8 Å². The lowest BCUT2D eigenvalue weighted by Crippen LogP contribution is -2.08. The van der Waals surface area contributed by atoms with Crippen LogP contribution in [0.1, 0.15) is 22.8 Å². The molecule has 0 bridgehead atoms. The van der Waals surface area contributed by atoms with E-state index in [1.54, 1.807) is 17.8 Å². The van der Waals surface area contributed by atoms with Gasteiger partial charge >= 0.3 is 5.97 Å². The molecule has 2 aliphatic carbocycles. The number of para-hydroxylation sites is 1. The number of hydrogen-bond acceptors (Lipinski definition) is 4. The summed E-state index contributed by atoms with van der Waals surface area (Å²) in [7, 11) is 0. The second kappa shape index (κ2) is 6.84. The van der Waals surface area contributed by atoms with Gasteiger partial charge in [0, 0.05) is 0 Å². The second-order valence-electron chi connectivity index (χ2n) is 7.14. The minimum Gasteiger partial charge on any atom is -0.462 e. The van der Waals surface area contributed by atoms with E-state index in [9.17, 15) is 9.59 Å². The Hall–Kier alpha value is -3.93. The van der Waals surface area contributed by atoms with Crippen molar-refractivity contribution in [2.24, 2.45) is 0 Å². The minimum absolute atomic E-state index is 0.162. The Labute approximate surface area is 172 Å². The lowest BCUT2D eigenvalue weighted by Gasteiger charge is -2.07. The van der Waals surface area contributed by atoms with E-state index >= 15 is 0 Å². The highest BCUT2D eigenvalue weighted by Gasteiger charge is 2.27. The number of nitrogens with zero attached hydrogens (tertiary/aromatic N) is 2. The Morgan fingerprint density at radius 1 is 1.07 bits per heavy atom. The SMILES string of the molecule is CCOC(=O)c1c2cccccc-2c2c(=O)c3cnn(-c4ccccc4C)c3[nH]c12. The topological polar surface area (TPSA) is 77.0 Å². The molecule has 0 amide bonds. The van der Waals surface area contributed by atoms with Crippen LogP contribution < -0.4 is 5.43 Å². The molecule has 3 aromatic rings. The summed E-state index contributed by atoms with van der Waals surface area (Å²) in [4.78, 5) is 29.7. The number of pyridine rings is 1. The van der Waals surface area contributed by atoms with Crippen LogP contribution in [-0.4, -0.2) is 27.3 Å². The Bertz CT molecular complexity index is 1460. The summed E-state index contributed by atoms with van der Waals surface area (Å²) in [5, 5.41) is 5.41. The van der Waals surface area contributed by atoms with Crippen LogP contribution in [0.25, 0.3) is 38.8 Å². The molecule has 148 valence electrons. The minimum atomic E-state index is -0.458. The summed E-state index contributed by atoms with van der Waals surface area (Å²) in [5.74, 6) is -0.458. The molecule has 0 atom stereocenters. The van der Waals surface area contributed by atoms with Crippen LogP contribution in [0.5, 0.6) is 0 Å². The highest BCUT2D eigenvalue weighted by Crippen LogP contribution is 2.37. The molecule has 0 saturated heterocycles. The van der Waals surface area contributed by atoms with Crippen LogP contribution in [0.4, 0.5) is 0 Å². The number of H-pyrrole nitrogens is 1. The van der Waals surface area contributed by atoms with E-state index in [1.165, 1.54) is 0 Å². The Balaban J connectivity index is 1.94. The molecule has 0 unspecified atom stereocenters. The molecule has 30 heavy (non-hydrogen) atoms. The average molecular weight is 397 g/mol. The molecule has 6 heteroatoms. The predicted molar refractivity (Wildman–Crippen MR) is 117 cm³/mol. The van der Waals surface area contributed by atoms with Crippen molar-refractivity contribution in [2.75, 3.05) is 6.61 Å². The van der Waals surface area contributed by atoms with Gasteiger partial charge in [0.15, 0.2) is 0 Å². The molecule has 2 heterocycles. The summed E-state index contributed by atoms with van der Waals surface area (Å²) < 4.78 is 7.02. The number of aryl methyl sites for hydroxylation is 1. The molecule has 5 rings (SSSR count). The van der Waals surface area contributed by atoms with Gasteiger partial charge in [-0.1, -0.05) is 48.5 Å². The number of nitrogens with one attached hydrogen (secondary N) is 1. The molecular formula is C24H19N3O3. The molecule has 6 nitrogen and oxygen atoms in total. The Morgan fingerprint density at radius 2 is 1.80 bits per heavy atom. The monoisotopic (exact) mass is 397 g/mol. The normalized spacial score (nSPS) is 11.4. The number of aromatic amines is 1. The smallest absolute Gasteiger partial charge is 0.340 e. The van der Waals surface area contributed by atoms with Crippen LogP contribution >= 0.6 is 0 Å². The van der Waals surface area contributed by atoms with Crippen LogP contribution in [0.2, 0.25) is 0 Å². The van der Waals surface area contributed by atoms with E-state index in [0.29, 0.717) is 38.6 Å². The summed E-state index contributed by atoms with van der Waals surface area (Å²) in [6, 6.07) is 17.1. The zero-order valence-electron chi connectivity index (χ0n) is 16.6.